The van der Waals surface area contributed by atoms with Gasteiger partial charge in [0.25, 0.3) is 5.91 Å². The summed E-state index contributed by atoms with van der Waals surface area (Å²) in [6.45, 7) is 2.00. The summed E-state index contributed by atoms with van der Waals surface area (Å²) < 4.78 is 42.0. The molecule has 5 rings (SSSR count). The van der Waals surface area contributed by atoms with Crippen LogP contribution in [-0.2, 0) is 18.3 Å². The van der Waals surface area contributed by atoms with Crippen LogP contribution in [0.4, 0.5) is 13.2 Å². The Balaban J connectivity index is 1.54. The molecule has 0 aliphatic rings. The van der Waals surface area contributed by atoms with Gasteiger partial charge in [0.05, 0.1) is 11.6 Å². The molecule has 5 aromatic rings. The summed E-state index contributed by atoms with van der Waals surface area (Å²) in [6, 6.07) is 31.2. The first-order valence-electron chi connectivity index (χ1n) is 13.0. The summed E-state index contributed by atoms with van der Waals surface area (Å²) in [5, 5.41) is 12.6. The zero-order chi connectivity index (χ0) is 28.8. The Morgan fingerprint density at radius 3 is 2.17 bits per heavy atom. The van der Waals surface area contributed by atoms with Gasteiger partial charge in [-0.25, -0.2) is 0 Å². The summed E-state index contributed by atoms with van der Waals surface area (Å²) in [5.41, 5.74) is 2.98. The molecular formula is C32H27F3N4OS. The lowest BCUT2D eigenvalue weighted by Gasteiger charge is -2.21. The lowest BCUT2D eigenvalue weighted by Crippen LogP contribution is -2.32. The van der Waals surface area contributed by atoms with Crippen molar-refractivity contribution in [3.8, 4) is 5.69 Å². The summed E-state index contributed by atoms with van der Waals surface area (Å²) in [6.07, 6.45) is -4.20. The first kappa shape index (κ1) is 28.2. The smallest absolute Gasteiger partial charge is 0.342 e. The van der Waals surface area contributed by atoms with Crippen molar-refractivity contribution in [3.63, 3.8) is 0 Å². The third kappa shape index (κ3) is 7.05. The number of aromatic nitrogens is 3. The van der Waals surface area contributed by atoms with Crippen LogP contribution in [0.2, 0.25) is 0 Å². The minimum atomic E-state index is -4.56. The number of hydrogen-bond donors (Lipinski definition) is 1. The zero-order valence-electron chi connectivity index (χ0n) is 22.2. The molecule has 9 heteroatoms. The Labute approximate surface area is 240 Å². The standard InChI is InChI=1S/C32H27F3N4OS/c1-22-15-17-27(18-16-22)39-29(37-38-31(39)41-21-24-11-6-3-7-12-24)28(19-23-9-4-2-5-10-23)36-30(40)25-13-8-14-26(20-25)32(33,34)35/h2-18,20,28H,19,21H2,1H3,(H,36,40). The van der Waals surface area contributed by atoms with Crippen molar-refractivity contribution < 1.29 is 18.0 Å². The Morgan fingerprint density at radius 1 is 0.854 bits per heavy atom. The number of rotatable bonds is 9. The van der Waals surface area contributed by atoms with Crippen LogP contribution in [0.3, 0.4) is 0 Å². The van der Waals surface area contributed by atoms with Crippen LogP contribution in [-0.4, -0.2) is 20.7 Å². The van der Waals surface area contributed by atoms with Crippen molar-refractivity contribution in [2.75, 3.05) is 0 Å². The maximum atomic E-state index is 13.4. The van der Waals surface area contributed by atoms with Gasteiger partial charge in [0.15, 0.2) is 11.0 Å². The molecule has 0 aliphatic heterocycles. The molecule has 5 nitrogen and oxygen atoms in total. The van der Waals surface area contributed by atoms with Crippen LogP contribution in [0.1, 0.15) is 44.5 Å². The topological polar surface area (TPSA) is 59.8 Å². The number of aryl methyl sites for hydroxylation is 1. The number of carbonyl (C=O) groups excluding carboxylic acids is 1. The van der Waals surface area contributed by atoms with Gasteiger partial charge in [0.1, 0.15) is 0 Å². The van der Waals surface area contributed by atoms with E-state index in [1.54, 1.807) is 0 Å². The Bertz CT molecular complexity index is 1600. The maximum absolute atomic E-state index is 13.4. The average Bonchev–Trinajstić information content (AvgIpc) is 3.41. The van der Waals surface area contributed by atoms with E-state index in [0.29, 0.717) is 23.2 Å². The molecule has 0 radical (unpaired) electrons. The highest BCUT2D eigenvalue weighted by Gasteiger charge is 2.31. The van der Waals surface area contributed by atoms with E-state index in [2.05, 4.69) is 15.5 Å². The third-order valence-electron chi connectivity index (χ3n) is 6.51. The number of alkyl halides is 3. The highest BCUT2D eigenvalue weighted by atomic mass is 32.2. The molecule has 41 heavy (non-hydrogen) atoms. The number of nitrogens with zero attached hydrogens (tertiary/aromatic N) is 3. The monoisotopic (exact) mass is 572 g/mol. The van der Waals surface area contributed by atoms with Crippen LogP contribution in [0.5, 0.6) is 0 Å². The third-order valence-corrected chi connectivity index (χ3v) is 7.51. The fourth-order valence-electron chi connectivity index (χ4n) is 4.39. The molecule has 0 spiro atoms. The van der Waals surface area contributed by atoms with E-state index in [-0.39, 0.29) is 5.56 Å². The van der Waals surface area contributed by atoms with Crippen molar-refractivity contribution in [1.29, 1.82) is 0 Å². The van der Waals surface area contributed by atoms with E-state index in [9.17, 15) is 18.0 Å². The molecule has 1 aromatic heterocycles. The largest absolute Gasteiger partial charge is 0.416 e. The predicted molar refractivity (Wildman–Crippen MR) is 154 cm³/mol. The Hall–Kier alpha value is -4.37. The zero-order valence-corrected chi connectivity index (χ0v) is 23.0. The molecule has 1 N–H and O–H groups in total. The minimum absolute atomic E-state index is 0.0852. The highest BCUT2D eigenvalue weighted by Crippen LogP contribution is 2.31. The molecule has 0 fully saturated rings. The van der Waals surface area contributed by atoms with Gasteiger partial charge in [-0.1, -0.05) is 96.2 Å². The predicted octanol–water partition coefficient (Wildman–Crippen LogP) is 7.60. The Morgan fingerprint density at radius 2 is 1.51 bits per heavy atom. The van der Waals surface area contributed by atoms with Crippen LogP contribution in [0.25, 0.3) is 5.69 Å². The second-order valence-corrected chi connectivity index (χ2v) is 10.5. The molecule has 0 saturated heterocycles. The number of nitrogens with one attached hydrogen (secondary N) is 1. The molecule has 1 unspecified atom stereocenters. The average molecular weight is 573 g/mol. The SMILES string of the molecule is Cc1ccc(-n2c(SCc3ccccc3)nnc2C(Cc2ccccc2)NC(=O)c2cccc(C(F)(F)F)c2)cc1. The van der Waals surface area contributed by atoms with E-state index in [1.807, 2.05) is 96.4 Å². The van der Waals surface area contributed by atoms with Gasteiger partial charge in [-0.05, 0) is 54.8 Å². The van der Waals surface area contributed by atoms with Crippen molar-refractivity contribution in [3.05, 3.63) is 143 Å². The molecule has 0 aliphatic carbocycles. The minimum Gasteiger partial charge on any atom is -0.342 e. The first-order valence-corrected chi connectivity index (χ1v) is 14.0. The van der Waals surface area contributed by atoms with Crippen molar-refractivity contribution in [1.82, 2.24) is 20.1 Å². The summed E-state index contributed by atoms with van der Waals surface area (Å²) in [5.74, 6) is 0.507. The van der Waals surface area contributed by atoms with Crippen LogP contribution >= 0.6 is 11.8 Å². The van der Waals surface area contributed by atoms with Gasteiger partial charge in [-0.2, -0.15) is 13.2 Å². The number of benzene rings is 4. The number of hydrogen-bond acceptors (Lipinski definition) is 4. The number of halogens is 3. The molecule has 1 atom stereocenters. The molecule has 4 aromatic carbocycles. The van der Waals surface area contributed by atoms with E-state index in [1.165, 1.54) is 23.9 Å². The van der Waals surface area contributed by atoms with Crippen molar-refractivity contribution in [2.45, 2.75) is 36.5 Å². The molecule has 0 saturated carbocycles. The lowest BCUT2D eigenvalue weighted by molar-refractivity contribution is -0.137. The van der Waals surface area contributed by atoms with Gasteiger partial charge in [-0.15, -0.1) is 10.2 Å². The van der Waals surface area contributed by atoms with E-state index in [0.717, 1.165) is 34.5 Å². The van der Waals surface area contributed by atoms with Gasteiger partial charge < -0.3 is 5.32 Å². The first-order chi connectivity index (χ1) is 19.8. The highest BCUT2D eigenvalue weighted by molar-refractivity contribution is 7.98. The van der Waals surface area contributed by atoms with E-state index in [4.69, 9.17) is 0 Å². The summed E-state index contributed by atoms with van der Waals surface area (Å²) >= 11 is 1.52. The number of thioether (sulfide) groups is 1. The van der Waals surface area contributed by atoms with Crippen molar-refractivity contribution in [2.24, 2.45) is 0 Å². The van der Waals surface area contributed by atoms with E-state index >= 15 is 0 Å². The summed E-state index contributed by atoms with van der Waals surface area (Å²) in [7, 11) is 0. The summed E-state index contributed by atoms with van der Waals surface area (Å²) in [4.78, 5) is 13.4. The van der Waals surface area contributed by atoms with E-state index < -0.39 is 23.7 Å². The molecule has 0 bridgehead atoms. The van der Waals surface area contributed by atoms with Gasteiger partial charge in [-0.3, -0.25) is 9.36 Å². The fourth-order valence-corrected chi connectivity index (χ4v) is 5.31. The molecule has 1 heterocycles. The molecule has 208 valence electrons. The van der Waals surface area contributed by atoms with Gasteiger partial charge in [0.2, 0.25) is 0 Å². The quantitative estimate of drug-likeness (QED) is 0.185. The molecular weight excluding hydrogens is 545 g/mol. The van der Waals surface area contributed by atoms with Crippen LogP contribution < -0.4 is 5.32 Å². The van der Waals surface area contributed by atoms with Crippen LogP contribution in [0, 0.1) is 6.92 Å². The maximum Gasteiger partial charge on any atom is 0.416 e. The molecule has 1 amide bonds. The van der Waals surface area contributed by atoms with Gasteiger partial charge >= 0.3 is 6.18 Å². The fraction of sp³-hybridized carbons (Fsp3) is 0.156. The Kier molecular flexibility index (Phi) is 8.54. The number of carbonyl (C=O) groups is 1. The van der Waals surface area contributed by atoms with Crippen LogP contribution in [0.15, 0.2) is 114 Å². The number of amides is 1. The second kappa shape index (κ2) is 12.4. The van der Waals surface area contributed by atoms with Gasteiger partial charge in [0, 0.05) is 17.0 Å². The normalized spacial score (nSPS) is 12.2. The lowest BCUT2D eigenvalue weighted by atomic mass is 10.0. The second-order valence-electron chi connectivity index (χ2n) is 9.58. The van der Waals surface area contributed by atoms with Crippen molar-refractivity contribution >= 4 is 17.7 Å².